The molecule has 7 heteroatoms. The summed E-state index contributed by atoms with van der Waals surface area (Å²) in [7, 11) is 0. The highest BCUT2D eigenvalue weighted by molar-refractivity contribution is 9.10. The van der Waals surface area contributed by atoms with Crippen LogP contribution in [0.1, 0.15) is 64.1 Å². The van der Waals surface area contributed by atoms with Crippen molar-refractivity contribution in [3.05, 3.63) is 88.4 Å². The highest BCUT2D eigenvalue weighted by Gasteiger charge is 2.35. The van der Waals surface area contributed by atoms with E-state index in [2.05, 4.69) is 22.9 Å². The van der Waals surface area contributed by atoms with E-state index in [0.29, 0.717) is 12.3 Å². The third-order valence-electron chi connectivity index (χ3n) is 6.64. The fourth-order valence-corrected chi connectivity index (χ4v) is 4.88. The van der Waals surface area contributed by atoms with E-state index < -0.39 is 17.6 Å². The summed E-state index contributed by atoms with van der Waals surface area (Å²) in [6, 6.07) is 23.0. The Hall–Kier alpha value is -3.45. The Balaban J connectivity index is 1.56. The van der Waals surface area contributed by atoms with E-state index in [0.717, 1.165) is 51.8 Å². The molecule has 0 saturated heterocycles. The van der Waals surface area contributed by atoms with Crippen molar-refractivity contribution < 1.29 is 19.1 Å². The summed E-state index contributed by atoms with van der Waals surface area (Å²) in [6.07, 6.45) is 2.80. The lowest BCUT2D eigenvalue weighted by Crippen LogP contribution is -2.39. The molecule has 1 heterocycles. The van der Waals surface area contributed by atoms with Gasteiger partial charge in [-0.2, -0.15) is 0 Å². The Bertz CT molecular complexity index is 1340. The molecule has 3 aromatic rings. The first kappa shape index (κ1) is 28.6. The Labute approximate surface area is 239 Å². The second-order valence-electron chi connectivity index (χ2n) is 10.1. The van der Waals surface area contributed by atoms with Crippen molar-refractivity contribution in [2.24, 2.45) is 4.99 Å². The summed E-state index contributed by atoms with van der Waals surface area (Å²) >= 11 is 3.55. The lowest BCUT2D eigenvalue weighted by molar-refractivity contribution is -0.158. The number of carbonyl (C=O) groups excluding carboxylic acids is 2. The SMILES string of the molecule is CCCCC1=NC(c2ccccc2)C(=O)N1Cc1ccc(-c2cc(Br)ccc2OC(C)(C)C(=O)OCC)cc1. The van der Waals surface area contributed by atoms with Gasteiger partial charge in [-0.15, -0.1) is 0 Å². The molecule has 6 nitrogen and oxygen atoms in total. The number of benzene rings is 3. The number of halogens is 1. The summed E-state index contributed by atoms with van der Waals surface area (Å²) in [4.78, 5) is 32.5. The number of hydrogen-bond acceptors (Lipinski definition) is 5. The van der Waals surface area contributed by atoms with Gasteiger partial charge in [-0.25, -0.2) is 4.79 Å². The van der Waals surface area contributed by atoms with Crippen LogP contribution in [-0.2, 0) is 20.9 Å². The number of hydrogen-bond donors (Lipinski definition) is 0. The standard InChI is InChI=1S/C32H35BrN2O4/c1-5-7-13-28-34-29(24-11-9-8-10-12-24)30(36)35(28)21-22-14-16-23(17-15-22)26-20-25(33)18-19-27(26)39-32(3,4)31(37)38-6-2/h8-12,14-20,29H,5-7,13,21H2,1-4H3. The number of esters is 1. The van der Waals surface area contributed by atoms with Crippen LogP contribution in [0.4, 0.5) is 0 Å². The van der Waals surface area contributed by atoms with Gasteiger partial charge >= 0.3 is 5.97 Å². The first-order valence-electron chi connectivity index (χ1n) is 13.4. The first-order chi connectivity index (χ1) is 18.7. The van der Waals surface area contributed by atoms with Gasteiger partial charge in [0, 0.05) is 16.5 Å². The molecule has 1 unspecified atom stereocenters. The van der Waals surface area contributed by atoms with Crippen molar-refractivity contribution in [3.63, 3.8) is 0 Å². The molecule has 4 rings (SSSR count). The fraction of sp³-hybridized carbons (Fsp3) is 0.344. The zero-order valence-electron chi connectivity index (χ0n) is 22.9. The van der Waals surface area contributed by atoms with Gasteiger partial charge in [-0.3, -0.25) is 14.7 Å². The van der Waals surface area contributed by atoms with Crippen LogP contribution in [0.3, 0.4) is 0 Å². The molecule has 204 valence electrons. The number of unbranched alkanes of at least 4 members (excludes halogenated alkanes) is 1. The largest absolute Gasteiger partial charge is 0.476 e. The number of nitrogens with zero attached hydrogens (tertiary/aromatic N) is 2. The predicted octanol–water partition coefficient (Wildman–Crippen LogP) is 7.51. The number of amidine groups is 1. The number of rotatable bonds is 11. The van der Waals surface area contributed by atoms with Crippen LogP contribution in [0.2, 0.25) is 0 Å². The minimum Gasteiger partial charge on any atom is -0.476 e. The van der Waals surface area contributed by atoms with Crippen molar-refractivity contribution in [3.8, 4) is 16.9 Å². The molecule has 0 radical (unpaired) electrons. The Morgan fingerprint density at radius 3 is 2.41 bits per heavy atom. The molecule has 0 fully saturated rings. The maximum Gasteiger partial charge on any atom is 0.349 e. The van der Waals surface area contributed by atoms with Crippen molar-refractivity contribution >= 4 is 33.6 Å². The van der Waals surface area contributed by atoms with E-state index in [4.69, 9.17) is 14.5 Å². The summed E-state index contributed by atoms with van der Waals surface area (Å²) in [5.41, 5.74) is 2.57. The summed E-state index contributed by atoms with van der Waals surface area (Å²) < 4.78 is 12.2. The van der Waals surface area contributed by atoms with Crippen molar-refractivity contribution in [1.29, 1.82) is 0 Å². The van der Waals surface area contributed by atoms with Crippen LogP contribution < -0.4 is 4.74 Å². The molecule has 3 aromatic carbocycles. The quantitative estimate of drug-likeness (QED) is 0.217. The molecule has 0 bridgehead atoms. The molecule has 0 saturated carbocycles. The molecule has 1 amide bonds. The second-order valence-corrected chi connectivity index (χ2v) is 11.0. The molecule has 0 N–H and O–H groups in total. The van der Waals surface area contributed by atoms with Gasteiger partial charge in [0.05, 0.1) is 13.2 Å². The molecular formula is C32H35BrN2O4. The molecule has 0 spiro atoms. The van der Waals surface area contributed by atoms with Gasteiger partial charge in [0.25, 0.3) is 5.91 Å². The highest BCUT2D eigenvalue weighted by atomic mass is 79.9. The molecular weight excluding hydrogens is 556 g/mol. The maximum absolute atomic E-state index is 13.4. The minimum absolute atomic E-state index is 0.0141. The Kier molecular flexibility index (Phi) is 9.23. The van der Waals surface area contributed by atoms with Crippen LogP contribution in [0.25, 0.3) is 11.1 Å². The molecule has 0 aromatic heterocycles. The summed E-state index contributed by atoms with van der Waals surface area (Å²) in [5, 5.41) is 0. The lowest BCUT2D eigenvalue weighted by Gasteiger charge is -2.26. The molecule has 1 aliphatic rings. The smallest absolute Gasteiger partial charge is 0.349 e. The maximum atomic E-state index is 13.4. The number of amides is 1. The fourth-order valence-electron chi connectivity index (χ4n) is 4.52. The topological polar surface area (TPSA) is 68.2 Å². The lowest BCUT2D eigenvalue weighted by atomic mass is 10.0. The Morgan fingerprint density at radius 1 is 1.03 bits per heavy atom. The summed E-state index contributed by atoms with van der Waals surface area (Å²) in [5.74, 6) is 1.03. The van der Waals surface area contributed by atoms with Crippen molar-refractivity contribution in [1.82, 2.24) is 4.90 Å². The zero-order valence-corrected chi connectivity index (χ0v) is 24.5. The van der Waals surface area contributed by atoms with Crippen molar-refractivity contribution in [2.75, 3.05) is 6.61 Å². The van der Waals surface area contributed by atoms with E-state index in [-0.39, 0.29) is 12.5 Å². The van der Waals surface area contributed by atoms with Crippen LogP contribution in [0, 0.1) is 0 Å². The molecule has 1 atom stereocenters. The zero-order chi connectivity index (χ0) is 28.0. The van der Waals surface area contributed by atoms with Crippen LogP contribution in [-0.4, -0.2) is 34.8 Å². The number of ether oxygens (including phenoxy) is 2. The highest BCUT2D eigenvalue weighted by Crippen LogP contribution is 2.36. The van der Waals surface area contributed by atoms with Gasteiger partial charge in [0.1, 0.15) is 11.6 Å². The average molecular weight is 592 g/mol. The van der Waals surface area contributed by atoms with Gasteiger partial charge in [-0.05, 0) is 62.1 Å². The van der Waals surface area contributed by atoms with E-state index in [9.17, 15) is 9.59 Å². The third kappa shape index (κ3) is 6.77. The minimum atomic E-state index is -1.14. The van der Waals surface area contributed by atoms with E-state index in [1.807, 2.05) is 77.7 Å². The van der Waals surface area contributed by atoms with Gasteiger partial charge in [0.2, 0.25) is 0 Å². The molecule has 0 aliphatic carbocycles. The van der Waals surface area contributed by atoms with E-state index in [1.165, 1.54) is 0 Å². The summed E-state index contributed by atoms with van der Waals surface area (Å²) in [6.45, 7) is 8.07. The molecule has 39 heavy (non-hydrogen) atoms. The third-order valence-corrected chi connectivity index (χ3v) is 7.13. The van der Waals surface area contributed by atoms with E-state index in [1.54, 1.807) is 20.8 Å². The van der Waals surface area contributed by atoms with Crippen LogP contribution >= 0.6 is 15.9 Å². The first-order valence-corrected chi connectivity index (χ1v) is 14.2. The normalized spacial score (nSPS) is 15.3. The molecule has 1 aliphatic heterocycles. The Morgan fingerprint density at radius 2 is 1.74 bits per heavy atom. The van der Waals surface area contributed by atoms with Crippen LogP contribution in [0.15, 0.2) is 82.3 Å². The van der Waals surface area contributed by atoms with Crippen molar-refractivity contribution in [2.45, 2.75) is 65.1 Å². The van der Waals surface area contributed by atoms with Gasteiger partial charge < -0.3 is 9.47 Å². The number of carbonyl (C=O) groups is 2. The predicted molar refractivity (Wildman–Crippen MR) is 158 cm³/mol. The second kappa shape index (κ2) is 12.6. The monoisotopic (exact) mass is 590 g/mol. The van der Waals surface area contributed by atoms with Crippen LogP contribution in [0.5, 0.6) is 5.75 Å². The average Bonchev–Trinajstić information content (AvgIpc) is 3.24. The van der Waals surface area contributed by atoms with E-state index >= 15 is 0 Å². The number of aliphatic imine (C=N–C) groups is 1. The van der Waals surface area contributed by atoms with Gasteiger partial charge in [-0.1, -0.05) is 83.9 Å². The van der Waals surface area contributed by atoms with Gasteiger partial charge in [0.15, 0.2) is 11.6 Å².